The first-order valence-electron chi connectivity index (χ1n) is 10.8. The van der Waals surface area contributed by atoms with Gasteiger partial charge in [0.25, 0.3) is 11.8 Å². The molecule has 1 aromatic heterocycles. The fraction of sp³-hybridized carbons (Fsp3) is 0.409. The van der Waals surface area contributed by atoms with E-state index in [0.717, 1.165) is 36.1 Å². The summed E-state index contributed by atoms with van der Waals surface area (Å²) >= 11 is 7.03. The number of carbonyl (C=O) groups excluding carboxylic acids is 3. The highest BCUT2D eigenvalue weighted by atomic mass is 35.5. The molecule has 2 aromatic rings. The number of amides is 3. The molecule has 34 heavy (non-hydrogen) atoms. The fourth-order valence-corrected chi connectivity index (χ4v) is 5.94. The van der Waals surface area contributed by atoms with Gasteiger partial charge in [0.15, 0.2) is 0 Å². The summed E-state index contributed by atoms with van der Waals surface area (Å²) in [6.07, 6.45) is 3.44. The van der Waals surface area contributed by atoms with Crippen LogP contribution in [-0.2, 0) is 14.8 Å². The quantitative estimate of drug-likeness (QED) is 0.600. The van der Waals surface area contributed by atoms with Crippen molar-refractivity contribution >= 4 is 56.4 Å². The smallest absolute Gasteiger partial charge is 0.261 e. The molecule has 2 unspecified atom stereocenters. The monoisotopic (exact) mass is 524 g/mol. The lowest BCUT2D eigenvalue weighted by atomic mass is 10.1. The summed E-state index contributed by atoms with van der Waals surface area (Å²) in [4.78, 5) is 39.8. The Balaban J connectivity index is 1.46. The Kier molecular flexibility index (Phi) is 7.27. The Morgan fingerprint density at radius 3 is 2.21 bits per heavy atom. The third-order valence-corrected chi connectivity index (χ3v) is 8.42. The molecule has 3 heterocycles. The molecule has 0 radical (unpaired) electrons. The molecule has 182 valence electrons. The Hall–Kier alpha value is -2.47. The number of nitrogens with zero attached hydrogens (tertiary/aromatic N) is 2. The van der Waals surface area contributed by atoms with Gasteiger partial charge in [-0.2, -0.15) is 4.31 Å². The van der Waals surface area contributed by atoms with Crippen LogP contribution in [0.25, 0.3) is 0 Å². The molecule has 2 N–H and O–H groups in total. The average molecular weight is 525 g/mol. The van der Waals surface area contributed by atoms with Crippen LogP contribution in [0.5, 0.6) is 0 Å². The van der Waals surface area contributed by atoms with Gasteiger partial charge in [0, 0.05) is 37.3 Å². The number of nitrogens with one attached hydrogen (secondary N) is 2. The highest BCUT2D eigenvalue weighted by Gasteiger charge is 2.39. The van der Waals surface area contributed by atoms with Crippen LogP contribution in [0.4, 0.5) is 5.69 Å². The standard InChI is InChI=1S/C22H25ClN4O5S2/c1-34(31,32)26-12-16(17(13-26)25-22(30)18-9-10-19(23)33-18)24-21(29)14-5-7-15(8-6-14)27-11-3-2-4-20(27)28/h5-10,16-17H,2-4,11-13H2,1H3,(H,24,29)(H,25,30). The van der Waals surface area contributed by atoms with E-state index in [9.17, 15) is 22.8 Å². The van der Waals surface area contributed by atoms with Gasteiger partial charge >= 0.3 is 0 Å². The first kappa shape index (κ1) is 24.6. The number of hydrogen-bond acceptors (Lipinski definition) is 6. The number of benzene rings is 1. The van der Waals surface area contributed by atoms with Crippen LogP contribution in [0.2, 0.25) is 4.34 Å². The summed E-state index contributed by atoms with van der Waals surface area (Å²) in [5.74, 6) is -0.705. The second-order valence-corrected chi connectivity index (χ2v) is 12.1. The minimum absolute atomic E-state index is 0.0427. The third-order valence-electron chi connectivity index (χ3n) is 5.95. The summed E-state index contributed by atoms with van der Waals surface area (Å²) in [6, 6.07) is 8.70. The zero-order valence-corrected chi connectivity index (χ0v) is 20.9. The van der Waals surface area contributed by atoms with Gasteiger partial charge in [-0.05, 0) is 49.2 Å². The van der Waals surface area contributed by atoms with E-state index in [-0.39, 0.29) is 24.9 Å². The Bertz CT molecular complexity index is 1200. The van der Waals surface area contributed by atoms with Crippen molar-refractivity contribution in [1.82, 2.24) is 14.9 Å². The van der Waals surface area contributed by atoms with E-state index in [1.807, 2.05) is 0 Å². The van der Waals surface area contributed by atoms with E-state index in [1.54, 1.807) is 41.3 Å². The molecular formula is C22H25ClN4O5S2. The van der Waals surface area contributed by atoms with Crippen LogP contribution in [0.3, 0.4) is 0 Å². The first-order valence-corrected chi connectivity index (χ1v) is 13.9. The van der Waals surface area contributed by atoms with Gasteiger partial charge < -0.3 is 15.5 Å². The van der Waals surface area contributed by atoms with Crippen molar-refractivity contribution < 1.29 is 22.8 Å². The maximum absolute atomic E-state index is 12.9. The number of sulfonamides is 1. The molecule has 12 heteroatoms. The molecule has 2 atom stereocenters. The van der Waals surface area contributed by atoms with Crippen molar-refractivity contribution in [2.45, 2.75) is 31.3 Å². The molecule has 0 aliphatic carbocycles. The maximum Gasteiger partial charge on any atom is 0.261 e. The number of rotatable bonds is 6. The molecular weight excluding hydrogens is 500 g/mol. The lowest BCUT2D eigenvalue weighted by Gasteiger charge is -2.27. The highest BCUT2D eigenvalue weighted by molar-refractivity contribution is 7.88. The number of halogens is 1. The molecule has 2 aliphatic rings. The van der Waals surface area contributed by atoms with Crippen LogP contribution in [-0.4, -0.2) is 68.4 Å². The number of piperidine rings is 1. The average Bonchev–Trinajstić information content (AvgIpc) is 3.40. The lowest BCUT2D eigenvalue weighted by Crippen LogP contribution is -2.50. The summed E-state index contributed by atoms with van der Waals surface area (Å²) < 4.78 is 25.9. The zero-order valence-electron chi connectivity index (χ0n) is 18.5. The second-order valence-electron chi connectivity index (χ2n) is 8.39. The van der Waals surface area contributed by atoms with Crippen molar-refractivity contribution in [3.63, 3.8) is 0 Å². The Morgan fingerprint density at radius 1 is 1.00 bits per heavy atom. The van der Waals surface area contributed by atoms with E-state index in [2.05, 4.69) is 10.6 Å². The van der Waals surface area contributed by atoms with Crippen molar-refractivity contribution in [3.05, 3.63) is 51.2 Å². The number of anilines is 1. The molecule has 0 saturated carbocycles. The van der Waals surface area contributed by atoms with Gasteiger partial charge in [0.1, 0.15) is 0 Å². The summed E-state index contributed by atoms with van der Waals surface area (Å²) in [5.41, 5.74) is 1.12. The summed E-state index contributed by atoms with van der Waals surface area (Å²) in [7, 11) is -3.51. The van der Waals surface area contributed by atoms with E-state index in [1.165, 1.54) is 4.31 Å². The Morgan fingerprint density at radius 2 is 1.65 bits per heavy atom. The highest BCUT2D eigenvalue weighted by Crippen LogP contribution is 2.23. The topological polar surface area (TPSA) is 116 Å². The molecule has 9 nitrogen and oxygen atoms in total. The number of carbonyl (C=O) groups is 3. The molecule has 2 saturated heterocycles. The van der Waals surface area contributed by atoms with Gasteiger partial charge in [0.05, 0.1) is 27.6 Å². The van der Waals surface area contributed by atoms with Gasteiger partial charge in [-0.3, -0.25) is 14.4 Å². The fourth-order valence-electron chi connectivity index (χ4n) is 4.13. The molecule has 2 aliphatic heterocycles. The van der Waals surface area contributed by atoms with E-state index < -0.39 is 28.0 Å². The minimum atomic E-state index is -3.51. The Labute approximate surface area is 207 Å². The van der Waals surface area contributed by atoms with Gasteiger partial charge in [-0.15, -0.1) is 11.3 Å². The molecule has 0 bridgehead atoms. The van der Waals surface area contributed by atoms with Gasteiger partial charge in [0.2, 0.25) is 15.9 Å². The zero-order chi connectivity index (χ0) is 24.5. The van der Waals surface area contributed by atoms with Crippen LogP contribution in [0, 0.1) is 0 Å². The first-order chi connectivity index (χ1) is 16.1. The van der Waals surface area contributed by atoms with Gasteiger partial charge in [-0.1, -0.05) is 11.6 Å². The third kappa shape index (κ3) is 5.60. The number of hydrogen-bond donors (Lipinski definition) is 2. The van der Waals surface area contributed by atoms with Crippen LogP contribution in [0.15, 0.2) is 36.4 Å². The number of thiophene rings is 1. The molecule has 4 rings (SSSR count). The van der Waals surface area contributed by atoms with E-state index in [0.29, 0.717) is 27.7 Å². The van der Waals surface area contributed by atoms with Crippen molar-refractivity contribution in [3.8, 4) is 0 Å². The molecule has 2 fully saturated rings. The van der Waals surface area contributed by atoms with Crippen LogP contribution < -0.4 is 15.5 Å². The molecule has 3 amide bonds. The van der Waals surface area contributed by atoms with Crippen molar-refractivity contribution in [2.24, 2.45) is 0 Å². The van der Waals surface area contributed by atoms with Crippen LogP contribution >= 0.6 is 22.9 Å². The lowest BCUT2D eigenvalue weighted by molar-refractivity contribution is -0.119. The SMILES string of the molecule is CS(=O)(=O)N1CC(NC(=O)c2ccc(N3CCCCC3=O)cc2)C(NC(=O)c2ccc(Cl)s2)C1. The van der Waals surface area contributed by atoms with Gasteiger partial charge in [-0.25, -0.2) is 8.42 Å². The summed E-state index contributed by atoms with van der Waals surface area (Å²) in [6.45, 7) is 0.746. The van der Waals surface area contributed by atoms with Crippen molar-refractivity contribution in [2.75, 3.05) is 30.8 Å². The molecule has 1 aromatic carbocycles. The second kappa shape index (κ2) is 10.0. The predicted molar refractivity (Wildman–Crippen MR) is 131 cm³/mol. The maximum atomic E-state index is 12.9. The van der Waals surface area contributed by atoms with E-state index in [4.69, 9.17) is 11.6 Å². The largest absolute Gasteiger partial charge is 0.346 e. The molecule has 0 spiro atoms. The van der Waals surface area contributed by atoms with E-state index >= 15 is 0 Å². The predicted octanol–water partition coefficient (Wildman–Crippen LogP) is 2.09. The van der Waals surface area contributed by atoms with Crippen LogP contribution in [0.1, 0.15) is 39.3 Å². The minimum Gasteiger partial charge on any atom is -0.346 e. The summed E-state index contributed by atoms with van der Waals surface area (Å²) in [5, 5.41) is 5.68. The van der Waals surface area contributed by atoms with Crippen molar-refractivity contribution in [1.29, 1.82) is 0 Å². The normalized spacial score (nSPS) is 21.5.